The summed E-state index contributed by atoms with van der Waals surface area (Å²) in [6, 6.07) is 15.3. The fourth-order valence-electron chi connectivity index (χ4n) is 2.54. The SMILES string of the molecule is Cc1ccccc1[C@H](C)NC(=O)c1ccc(-n2cncn2)cc1. The van der Waals surface area contributed by atoms with Crippen molar-refractivity contribution >= 4 is 5.91 Å². The molecular formula is C18H18N4O. The smallest absolute Gasteiger partial charge is 0.251 e. The average molecular weight is 306 g/mol. The molecule has 1 amide bonds. The van der Waals surface area contributed by atoms with Crippen molar-refractivity contribution in [2.45, 2.75) is 19.9 Å². The molecule has 0 spiro atoms. The van der Waals surface area contributed by atoms with E-state index in [0.29, 0.717) is 5.56 Å². The van der Waals surface area contributed by atoms with E-state index >= 15 is 0 Å². The zero-order valence-corrected chi connectivity index (χ0v) is 13.1. The topological polar surface area (TPSA) is 59.8 Å². The van der Waals surface area contributed by atoms with Gasteiger partial charge in [0, 0.05) is 5.56 Å². The first kappa shape index (κ1) is 15.0. The second-order valence-corrected chi connectivity index (χ2v) is 5.44. The van der Waals surface area contributed by atoms with E-state index in [2.05, 4.69) is 15.4 Å². The molecule has 5 nitrogen and oxygen atoms in total. The van der Waals surface area contributed by atoms with Crippen molar-refractivity contribution in [3.8, 4) is 5.69 Å². The molecule has 2 aromatic carbocycles. The Balaban J connectivity index is 1.72. The number of aryl methyl sites for hydroxylation is 1. The molecule has 1 aromatic heterocycles. The van der Waals surface area contributed by atoms with E-state index in [9.17, 15) is 4.79 Å². The van der Waals surface area contributed by atoms with Crippen LogP contribution in [0.2, 0.25) is 0 Å². The molecule has 1 N–H and O–H groups in total. The molecule has 1 atom stereocenters. The Morgan fingerprint density at radius 1 is 1.13 bits per heavy atom. The number of hydrogen-bond acceptors (Lipinski definition) is 3. The predicted molar refractivity (Wildman–Crippen MR) is 88.4 cm³/mol. The standard InChI is InChI=1S/C18H18N4O/c1-13-5-3-4-6-17(13)14(2)21-18(23)15-7-9-16(10-8-15)22-12-19-11-20-22/h3-12,14H,1-2H3,(H,21,23)/t14-/m0/s1. The molecule has 3 rings (SSSR count). The van der Waals surface area contributed by atoms with E-state index in [1.54, 1.807) is 23.1 Å². The summed E-state index contributed by atoms with van der Waals surface area (Å²) >= 11 is 0. The molecule has 0 fully saturated rings. The Bertz CT molecular complexity index is 794. The van der Waals surface area contributed by atoms with Gasteiger partial charge in [0.1, 0.15) is 12.7 Å². The van der Waals surface area contributed by atoms with Crippen LogP contribution < -0.4 is 5.32 Å². The van der Waals surface area contributed by atoms with Crippen LogP contribution in [0.1, 0.15) is 34.5 Å². The van der Waals surface area contributed by atoms with Gasteiger partial charge >= 0.3 is 0 Å². The third-order valence-electron chi connectivity index (χ3n) is 3.82. The molecule has 0 saturated heterocycles. The van der Waals surface area contributed by atoms with Crippen molar-refractivity contribution in [3.05, 3.63) is 77.9 Å². The highest BCUT2D eigenvalue weighted by Crippen LogP contribution is 2.17. The zero-order valence-electron chi connectivity index (χ0n) is 13.1. The Kier molecular flexibility index (Phi) is 4.19. The van der Waals surface area contributed by atoms with Crippen LogP contribution >= 0.6 is 0 Å². The van der Waals surface area contributed by atoms with Crippen molar-refractivity contribution in [3.63, 3.8) is 0 Å². The van der Waals surface area contributed by atoms with Crippen molar-refractivity contribution in [2.75, 3.05) is 0 Å². The molecule has 1 heterocycles. The van der Waals surface area contributed by atoms with Gasteiger partial charge in [-0.3, -0.25) is 4.79 Å². The maximum absolute atomic E-state index is 12.4. The third-order valence-corrected chi connectivity index (χ3v) is 3.82. The first-order chi connectivity index (χ1) is 11.1. The molecule has 0 bridgehead atoms. The number of hydrogen-bond donors (Lipinski definition) is 1. The quantitative estimate of drug-likeness (QED) is 0.806. The average Bonchev–Trinajstić information content (AvgIpc) is 3.09. The number of aromatic nitrogens is 3. The maximum Gasteiger partial charge on any atom is 0.251 e. The van der Waals surface area contributed by atoms with Gasteiger partial charge in [-0.15, -0.1) is 0 Å². The van der Waals surface area contributed by atoms with Crippen LogP contribution in [0.15, 0.2) is 61.2 Å². The highest BCUT2D eigenvalue weighted by molar-refractivity contribution is 5.94. The first-order valence-corrected chi connectivity index (χ1v) is 7.46. The lowest BCUT2D eigenvalue weighted by atomic mass is 10.0. The molecule has 116 valence electrons. The minimum Gasteiger partial charge on any atom is -0.346 e. The summed E-state index contributed by atoms with van der Waals surface area (Å²) in [5.41, 5.74) is 3.78. The van der Waals surface area contributed by atoms with Gasteiger partial charge in [-0.25, -0.2) is 9.67 Å². The monoisotopic (exact) mass is 306 g/mol. The Morgan fingerprint density at radius 2 is 1.87 bits per heavy atom. The largest absolute Gasteiger partial charge is 0.346 e. The lowest BCUT2D eigenvalue weighted by Gasteiger charge is -2.16. The zero-order chi connectivity index (χ0) is 16.2. The molecule has 5 heteroatoms. The van der Waals surface area contributed by atoms with E-state index < -0.39 is 0 Å². The highest BCUT2D eigenvalue weighted by Gasteiger charge is 2.13. The number of nitrogens with one attached hydrogen (secondary N) is 1. The van der Waals surface area contributed by atoms with Crippen molar-refractivity contribution in [1.29, 1.82) is 0 Å². The molecule has 3 aromatic rings. The van der Waals surface area contributed by atoms with Crippen LogP contribution in [0.5, 0.6) is 0 Å². The van der Waals surface area contributed by atoms with Crippen LogP contribution in [0.3, 0.4) is 0 Å². The molecular weight excluding hydrogens is 288 g/mol. The van der Waals surface area contributed by atoms with Crippen molar-refractivity contribution < 1.29 is 4.79 Å². The second kappa shape index (κ2) is 6.44. The van der Waals surface area contributed by atoms with Crippen LogP contribution in [-0.2, 0) is 0 Å². The number of carbonyl (C=O) groups excluding carboxylic acids is 1. The summed E-state index contributed by atoms with van der Waals surface area (Å²) < 4.78 is 1.65. The summed E-state index contributed by atoms with van der Waals surface area (Å²) in [6.45, 7) is 4.04. The number of nitrogens with zero attached hydrogens (tertiary/aromatic N) is 3. The minimum atomic E-state index is -0.0918. The lowest BCUT2D eigenvalue weighted by molar-refractivity contribution is 0.0940. The van der Waals surface area contributed by atoms with Crippen molar-refractivity contribution in [1.82, 2.24) is 20.1 Å². The maximum atomic E-state index is 12.4. The normalized spacial score (nSPS) is 11.9. The highest BCUT2D eigenvalue weighted by atomic mass is 16.1. The Labute approximate surface area is 135 Å². The minimum absolute atomic E-state index is 0.0429. The fourth-order valence-corrected chi connectivity index (χ4v) is 2.54. The first-order valence-electron chi connectivity index (χ1n) is 7.46. The lowest BCUT2D eigenvalue weighted by Crippen LogP contribution is -2.27. The van der Waals surface area contributed by atoms with Gasteiger partial charge in [-0.2, -0.15) is 5.10 Å². The third kappa shape index (κ3) is 3.29. The van der Waals surface area contributed by atoms with Gasteiger partial charge in [-0.05, 0) is 49.2 Å². The molecule has 0 aliphatic carbocycles. The predicted octanol–water partition coefficient (Wildman–Crippen LogP) is 3.07. The summed E-state index contributed by atoms with van der Waals surface area (Å²) in [5.74, 6) is -0.0918. The van der Waals surface area contributed by atoms with E-state index in [4.69, 9.17) is 0 Å². The molecule has 0 aliphatic heterocycles. The summed E-state index contributed by atoms with van der Waals surface area (Å²) in [5, 5.41) is 7.10. The Morgan fingerprint density at radius 3 is 2.52 bits per heavy atom. The summed E-state index contributed by atoms with van der Waals surface area (Å²) in [7, 11) is 0. The number of rotatable bonds is 4. The summed E-state index contributed by atoms with van der Waals surface area (Å²) in [4.78, 5) is 16.3. The molecule has 0 radical (unpaired) electrons. The fraction of sp³-hybridized carbons (Fsp3) is 0.167. The van der Waals surface area contributed by atoms with Crippen LogP contribution in [0, 0.1) is 6.92 Å². The second-order valence-electron chi connectivity index (χ2n) is 5.44. The number of benzene rings is 2. The van der Waals surface area contributed by atoms with Crippen molar-refractivity contribution in [2.24, 2.45) is 0 Å². The van der Waals surface area contributed by atoms with Gasteiger partial charge in [-0.1, -0.05) is 24.3 Å². The van der Waals surface area contributed by atoms with Crippen LogP contribution in [0.25, 0.3) is 5.69 Å². The van der Waals surface area contributed by atoms with Gasteiger partial charge in [0.2, 0.25) is 0 Å². The van der Waals surface area contributed by atoms with Gasteiger partial charge in [0.25, 0.3) is 5.91 Å². The Hall–Kier alpha value is -2.95. The molecule has 23 heavy (non-hydrogen) atoms. The van der Waals surface area contributed by atoms with Gasteiger partial charge in [0.05, 0.1) is 11.7 Å². The van der Waals surface area contributed by atoms with E-state index in [1.165, 1.54) is 11.9 Å². The number of carbonyl (C=O) groups is 1. The van der Waals surface area contributed by atoms with E-state index in [1.807, 2.05) is 50.2 Å². The van der Waals surface area contributed by atoms with E-state index in [-0.39, 0.29) is 11.9 Å². The van der Waals surface area contributed by atoms with Crippen LogP contribution in [0.4, 0.5) is 0 Å². The summed E-state index contributed by atoms with van der Waals surface area (Å²) in [6.07, 6.45) is 3.10. The molecule has 0 unspecified atom stereocenters. The van der Waals surface area contributed by atoms with Gasteiger partial charge in [0.15, 0.2) is 0 Å². The van der Waals surface area contributed by atoms with Crippen LogP contribution in [-0.4, -0.2) is 20.7 Å². The number of amides is 1. The molecule has 0 saturated carbocycles. The molecule has 0 aliphatic rings. The van der Waals surface area contributed by atoms with E-state index in [0.717, 1.165) is 11.3 Å². The van der Waals surface area contributed by atoms with Gasteiger partial charge < -0.3 is 5.32 Å².